The average Bonchev–Trinajstić information content (AvgIpc) is 3.11. The van der Waals surface area contributed by atoms with Gasteiger partial charge in [0.05, 0.1) is 30.3 Å². The normalized spacial score (nSPS) is 12.4. The fourth-order valence-corrected chi connectivity index (χ4v) is 3.19. The van der Waals surface area contributed by atoms with Crippen molar-refractivity contribution < 1.29 is 10.2 Å². The Morgan fingerprint density at radius 3 is 2.33 bits per heavy atom. The van der Waals surface area contributed by atoms with Crippen LogP contribution in [0, 0.1) is 0 Å². The third kappa shape index (κ3) is 3.16. The second-order valence-electron chi connectivity index (χ2n) is 6.34. The molecule has 2 aromatic heterocycles. The van der Waals surface area contributed by atoms with Gasteiger partial charge in [-0.25, -0.2) is 4.98 Å². The number of hydrogen-bond acceptors (Lipinski definition) is 4. The quantitative estimate of drug-likeness (QED) is 0.571. The Hall–Kier alpha value is -3.22. The van der Waals surface area contributed by atoms with Crippen molar-refractivity contribution in [3.05, 3.63) is 83.4 Å². The molecule has 1 unspecified atom stereocenters. The van der Waals surface area contributed by atoms with Gasteiger partial charge in [-0.15, -0.1) is 0 Å². The highest BCUT2D eigenvalue weighted by Gasteiger charge is 2.17. The fourth-order valence-electron chi connectivity index (χ4n) is 3.19. The molecule has 0 saturated carbocycles. The minimum absolute atomic E-state index is 0.00450. The Balaban J connectivity index is 1.98. The van der Waals surface area contributed by atoms with Gasteiger partial charge in [0.2, 0.25) is 0 Å². The summed E-state index contributed by atoms with van der Waals surface area (Å²) >= 11 is 0. The van der Waals surface area contributed by atoms with E-state index in [1.165, 1.54) is 10.9 Å². The maximum atomic E-state index is 12.9. The molecule has 2 heterocycles. The standard InChI is InChI=1S/C21H19N3O3/c25-13-17(26)12-23-14-22-20-18(21(23)27)11-19(15-7-3-1-4-8-15)24(20)16-9-5-2-6-10-16/h1-11,14,17,25-26H,12-13H2. The van der Waals surface area contributed by atoms with Gasteiger partial charge in [0.15, 0.2) is 5.65 Å². The Labute approximate surface area is 155 Å². The first-order valence-corrected chi connectivity index (χ1v) is 8.69. The van der Waals surface area contributed by atoms with E-state index in [9.17, 15) is 9.90 Å². The summed E-state index contributed by atoms with van der Waals surface area (Å²) in [5.74, 6) is 0. The van der Waals surface area contributed by atoms with Gasteiger partial charge in [-0.2, -0.15) is 0 Å². The molecule has 1 atom stereocenters. The van der Waals surface area contributed by atoms with Crippen molar-refractivity contribution in [1.29, 1.82) is 0 Å². The summed E-state index contributed by atoms with van der Waals surface area (Å²) in [6.45, 7) is -0.416. The number of aliphatic hydroxyl groups excluding tert-OH is 2. The van der Waals surface area contributed by atoms with Crippen molar-refractivity contribution in [2.75, 3.05) is 6.61 Å². The molecule has 136 valence electrons. The summed E-state index contributed by atoms with van der Waals surface area (Å²) in [6.07, 6.45) is 0.407. The maximum Gasteiger partial charge on any atom is 0.262 e. The molecule has 0 spiro atoms. The summed E-state index contributed by atoms with van der Waals surface area (Å²) in [7, 11) is 0. The van der Waals surface area contributed by atoms with Crippen LogP contribution in [-0.4, -0.2) is 37.0 Å². The lowest BCUT2D eigenvalue weighted by Gasteiger charge is -2.11. The lowest BCUT2D eigenvalue weighted by atomic mass is 10.1. The first kappa shape index (κ1) is 17.2. The van der Waals surface area contributed by atoms with E-state index in [1.54, 1.807) is 0 Å². The van der Waals surface area contributed by atoms with Crippen molar-refractivity contribution in [2.24, 2.45) is 0 Å². The van der Waals surface area contributed by atoms with Crippen LogP contribution in [0.4, 0.5) is 0 Å². The summed E-state index contributed by atoms with van der Waals surface area (Å²) in [5.41, 5.74) is 3.05. The Bertz CT molecular complexity index is 1120. The van der Waals surface area contributed by atoms with Crippen molar-refractivity contribution in [3.63, 3.8) is 0 Å². The molecule has 2 N–H and O–H groups in total. The Morgan fingerprint density at radius 2 is 1.67 bits per heavy atom. The van der Waals surface area contributed by atoms with E-state index < -0.39 is 12.7 Å². The lowest BCUT2D eigenvalue weighted by molar-refractivity contribution is 0.0802. The number of nitrogens with zero attached hydrogens (tertiary/aromatic N) is 3. The van der Waals surface area contributed by atoms with Crippen LogP contribution >= 0.6 is 0 Å². The molecule has 27 heavy (non-hydrogen) atoms. The Kier molecular flexibility index (Phi) is 4.58. The number of rotatable bonds is 5. The summed E-state index contributed by atoms with van der Waals surface area (Å²) < 4.78 is 3.28. The molecule has 4 aromatic rings. The van der Waals surface area contributed by atoms with Gasteiger partial charge in [-0.1, -0.05) is 48.5 Å². The van der Waals surface area contributed by atoms with Crippen molar-refractivity contribution in [1.82, 2.24) is 14.1 Å². The third-order valence-electron chi connectivity index (χ3n) is 4.49. The Morgan fingerprint density at radius 1 is 1.00 bits per heavy atom. The second-order valence-corrected chi connectivity index (χ2v) is 6.34. The monoisotopic (exact) mass is 361 g/mol. The summed E-state index contributed by atoms with van der Waals surface area (Å²) in [4.78, 5) is 17.4. The summed E-state index contributed by atoms with van der Waals surface area (Å²) in [6, 6.07) is 21.4. The molecular formula is C21H19N3O3. The van der Waals surface area contributed by atoms with Crippen LogP contribution in [0.3, 0.4) is 0 Å². The molecule has 2 aromatic carbocycles. The van der Waals surface area contributed by atoms with Crippen LogP contribution < -0.4 is 5.56 Å². The van der Waals surface area contributed by atoms with Crippen LogP contribution in [0.15, 0.2) is 77.9 Å². The molecule has 6 nitrogen and oxygen atoms in total. The smallest absolute Gasteiger partial charge is 0.262 e. The first-order valence-electron chi connectivity index (χ1n) is 8.69. The first-order chi connectivity index (χ1) is 13.2. The van der Waals surface area contributed by atoms with E-state index in [0.29, 0.717) is 11.0 Å². The van der Waals surface area contributed by atoms with Gasteiger partial charge >= 0.3 is 0 Å². The molecule has 4 rings (SSSR count). The third-order valence-corrected chi connectivity index (χ3v) is 4.49. The van der Waals surface area contributed by atoms with E-state index in [4.69, 9.17) is 5.11 Å². The molecule has 0 aliphatic carbocycles. The SMILES string of the molecule is O=c1c2cc(-c3ccccc3)n(-c3ccccc3)c2ncn1CC(O)CO. The number of aromatic nitrogens is 3. The molecule has 0 fully saturated rings. The van der Waals surface area contributed by atoms with Crippen LogP contribution in [0.25, 0.3) is 28.0 Å². The molecule has 0 aliphatic rings. The zero-order valence-corrected chi connectivity index (χ0v) is 14.6. The molecule has 0 saturated heterocycles. The lowest BCUT2D eigenvalue weighted by Crippen LogP contribution is -2.28. The van der Waals surface area contributed by atoms with Crippen LogP contribution in [0.2, 0.25) is 0 Å². The average molecular weight is 361 g/mol. The van der Waals surface area contributed by atoms with E-state index in [1.807, 2.05) is 71.3 Å². The highest BCUT2D eigenvalue weighted by Crippen LogP contribution is 2.29. The number of hydrogen-bond donors (Lipinski definition) is 2. The minimum Gasteiger partial charge on any atom is -0.394 e. The molecule has 0 amide bonds. The molecule has 0 bridgehead atoms. The highest BCUT2D eigenvalue weighted by molar-refractivity contribution is 5.85. The zero-order chi connectivity index (χ0) is 18.8. The van der Waals surface area contributed by atoms with Gasteiger partial charge in [-0.05, 0) is 23.8 Å². The summed E-state index contributed by atoms with van der Waals surface area (Å²) in [5, 5.41) is 19.2. The van der Waals surface area contributed by atoms with Gasteiger partial charge in [-0.3, -0.25) is 13.9 Å². The largest absolute Gasteiger partial charge is 0.394 e. The van der Waals surface area contributed by atoms with Crippen LogP contribution in [0.5, 0.6) is 0 Å². The van der Waals surface area contributed by atoms with Crippen LogP contribution in [-0.2, 0) is 6.54 Å². The van der Waals surface area contributed by atoms with Gasteiger partial charge < -0.3 is 10.2 Å². The molecule has 0 radical (unpaired) electrons. The van der Waals surface area contributed by atoms with E-state index >= 15 is 0 Å². The van der Waals surface area contributed by atoms with Gasteiger partial charge in [0.1, 0.15) is 6.33 Å². The predicted molar refractivity (Wildman–Crippen MR) is 104 cm³/mol. The number of benzene rings is 2. The second kappa shape index (κ2) is 7.19. The predicted octanol–water partition coefficient (Wildman–Crippen LogP) is 2.21. The molecule has 0 aliphatic heterocycles. The van der Waals surface area contributed by atoms with Gasteiger partial charge in [0, 0.05) is 5.69 Å². The zero-order valence-electron chi connectivity index (χ0n) is 14.6. The molecule has 6 heteroatoms. The fraction of sp³-hybridized carbons (Fsp3) is 0.143. The maximum absolute atomic E-state index is 12.9. The van der Waals surface area contributed by atoms with Gasteiger partial charge in [0.25, 0.3) is 5.56 Å². The van der Waals surface area contributed by atoms with Crippen molar-refractivity contribution >= 4 is 11.0 Å². The van der Waals surface area contributed by atoms with E-state index in [2.05, 4.69) is 4.98 Å². The van der Waals surface area contributed by atoms with Crippen molar-refractivity contribution in [2.45, 2.75) is 12.6 Å². The van der Waals surface area contributed by atoms with Crippen molar-refractivity contribution in [3.8, 4) is 16.9 Å². The number of fused-ring (bicyclic) bond motifs is 1. The van der Waals surface area contributed by atoms with E-state index in [0.717, 1.165) is 16.9 Å². The van der Waals surface area contributed by atoms with Crippen LogP contribution in [0.1, 0.15) is 0 Å². The highest BCUT2D eigenvalue weighted by atomic mass is 16.3. The minimum atomic E-state index is -1.01. The topological polar surface area (TPSA) is 80.3 Å². The number of aliphatic hydroxyl groups is 2. The molecular weight excluding hydrogens is 342 g/mol. The van der Waals surface area contributed by atoms with E-state index in [-0.39, 0.29) is 12.1 Å². The number of para-hydroxylation sites is 1.